The Morgan fingerprint density at radius 3 is 2.50 bits per heavy atom. The van der Waals surface area contributed by atoms with Crippen molar-refractivity contribution < 1.29 is 9.59 Å². The van der Waals surface area contributed by atoms with Gasteiger partial charge in [-0.15, -0.1) is 0 Å². The lowest BCUT2D eigenvalue weighted by atomic mass is 10.3. The average Bonchev–Trinajstić information content (AvgIpc) is 2.34. The number of carbonyl (C=O) groups excluding carboxylic acids is 2. The van der Waals surface area contributed by atoms with Gasteiger partial charge in [0, 0.05) is 12.7 Å². The Hall–Kier alpha value is -1.04. The van der Waals surface area contributed by atoms with Gasteiger partial charge in [-0.1, -0.05) is 34.8 Å². The summed E-state index contributed by atoms with van der Waals surface area (Å²) in [5.74, 6) is -0.896. The minimum atomic E-state index is -0.593. The van der Waals surface area contributed by atoms with Crippen molar-refractivity contribution in [3.05, 3.63) is 27.0 Å². The minimum Gasteiger partial charge on any atom is -0.355 e. The molecule has 2 amide bonds. The van der Waals surface area contributed by atoms with Crippen molar-refractivity contribution in [2.75, 3.05) is 13.1 Å². The molecule has 98 valence electrons. The van der Waals surface area contributed by atoms with Crippen LogP contribution in [0.2, 0.25) is 15.1 Å². The van der Waals surface area contributed by atoms with Gasteiger partial charge in [-0.2, -0.15) is 0 Å². The van der Waals surface area contributed by atoms with Gasteiger partial charge < -0.3 is 10.6 Å². The number of halogens is 3. The molecule has 1 heterocycles. The highest BCUT2D eigenvalue weighted by molar-refractivity contribution is 6.48. The van der Waals surface area contributed by atoms with Crippen LogP contribution in [0.3, 0.4) is 0 Å². The Morgan fingerprint density at radius 1 is 1.22 bits per heavy atom. The zero-order chi connectivity index (χ0) is 13.7. The number of amides is 2. The predicted molar refractivity (Wildman–Crippen MR) is 70.3 cm³/mol. The Morgan fingerprint density at radius 2 is 1.89 bits per heavy atom. The van der Waals surface area contributed by atoms with E-state index in [4.69, 9.17) is 34.8 Å². The Balaban J connectivity index is 2.74. The summed E-state index contributed by atoms with van der Waals surface area (Å²) >= 11 is 17.3. The van der Waals surface area contributed by atoms with E-state index in [2.05, 4.69) is 15.6 Å². The maximum atomic E-state index is 11.7. The maximum absolute atomic E-state index is 11.7. The molecule has 0 fully saturated rings. The van der Waals surface area contributed by atoms with Crippen LogP contribution in [-0.2, 0) is 4.79 Å². The Bertz CT molecular complexity index is 480. The van der Waals surface area contributed by atoms with E-state index in [0.29, 0.717) is 6.54 Å². The molecule has 1 aromatic rings. The van der Waals surface area contributed by atoms with E-state index in [1.54, 1.807) is 6.92 Å². The highest BCUT2D eigenvalue weighted by Gasteiger charge is 2.17. The van der Waals surface area contributed by atoms with Crippen LogP contribution in [0.5, 0.6) is 0 Å². The molecular formula is C10H10Cl3N3O2. The van der Waals surface area contributed by atoms with Gasteiger partial charge in [0.05, 0.1) is 21.6 Å². The molecular weight excluding hydrogens is 300 g/mol. The molecule has 0 atom stereocenters. The van der Waals surface area contributed by atoms with Gasteiger partial charge >= 0.3 is 0 Å². The third kappa shape index (κ3) is 3.73. The standard InChI is InChI=1S/C10H10Cl3N3O2/c1-2-14-6(17)4-16-10(18)9-8(13)7(12)5(11)3-15-9/h3H,2,4H2,1H3,(H,14,17)(H,16,18). The molecule has 8 heteroatoms. The summed E-state index contributed by atoms with van der Waals surface area (Å²) in [5.41, 5.74) is -0.0737. The highest BCUT2D eigenvalue weighted by atomic mass is 35.5. The molecule has 0 aliphatic rings. The second-order valence-electron chi connectivity index (χ2n) is 3.22. The van der Waals surface area contributed by atoms with Gasteiger partial charge in [-0.25, -0.2) is 4.98 Å². The van der Waals surface area contributed by atoms with Crippen LogP contribution in [0.25, 0.3) is 0 Å². The fraction of sp³-hybridized carbons (Fsp3) is 0.300. The summed E-state index contributed by atoms with van der Waals surface area (Å²) in [6.45, 7) is 2.10. The maximum Gasteiger partial charge on any atom is 0.271 e. The normalized spacial score (nSPS) is 10.0. The third-order valence-electron chi connectivity index (χ3n) is 1.92. The van der Waals surface area contributed by atoms with E-state index < -0.39 is 5.91 Å². The number of nitrogens with zero attached hydrogens (tertiary/aromatic N) is 1. The molecule has 0 aromatic carbocycles. The van der Waals surface area contributed by atoms with Gasteiger partial charge in [0.2, 0.25) is 5.91 Å². The number of aromatic nitrogens is 1. The summed E-state index contributed by atoms with van der Waals surface area (Å²) in [6.07, 6.45) is 1.22. The molecule has 5 nitrogen and oxygen atoms in total. The molecule has 18 heavy (non-hydrogen) atoms. The van der Waals surface area contributed by atoms with Crippen LogP contribution < -0.4 is 10.6 Å². The molecule has 0 aliphatic heterocycles. The van der Waals surface area contributed by atoms with E-state index >= 15 is 0 Å². The molecule has 0 aliphatic carbocycles. The second-order valence-corrected chi connectivity index (χ2v) is 4.38. The summed E-state index contributed by atoms with van der Waals surface area (Å²) in [7, 11) is 0. The number of carbonyl (C=O) groups is 2. The first-order valence-electron chi connectivity index (χ1n) is 5.01. The zero-order valence-electron chi connectivity index (χ0n) is 9.39. The fourth-order valence-corrected chi connectivity index (χ4v) is 1.67. The smallest absolute Gasteiger partial charge is 0.271 e. The monoisotopic (exact) mass is 309 g/mol. The first kappa shape index (κ1) is 15.0. The summed E-state index contributed by atoms with van der Waals surface area (Å²) in [4.78, 5) is 26.6. The lowest BCUT2D eigenvalue weighted by Gasteiger charge is -2.07. The van der Waals surface area contributed by atoms with Crippen LogP contribution in [0.1, 0.15) is 17.4 Å². The molecule has 0 saturated carbocycles. The summed E-state index contributed by atoms with van der Waals surface area (Å²) < 4.78 is 0. The van der Waals surface area contributed by atoms with E-state index in [9.17, 15) is 9.59 Å². The van der Waals surface area contributed by atoms with E-state index in [1.807, 2.05) is 0 Å². The molecule has 1 aromatic heterocycles. The highest BCUT2D eigenvalue weighted by Crippen LogP contribution is 2.30. The molecule has 0 radical (unpaired) electrons. The minimum absolute atomic E-state index is 0.0439. The van der Waals surface area contributed by atoms with Crippen molar-refractivity contribution >= 4 is 46.6 Å². The third-order valence-corrected chi connectivity index (χ3v) is 3.16. The predicted octanol–water partition coefficient (Wildman–Crippen LogP) is 1.91. The molecule has 0 bridgehead atoms. The van der Waals surface area contributed by atoms with Crippen molar-refractivity contribution in [3.63, 3.8) is 0 Å². The number of hydrogen-bond acceptors (Lipinski definition) is 3. The SMILES string of the molecule is CCNC(=O)CNC(=O)c1ncc(Cl)c(Cl)c1Cl. The zero-order valence-corrected chi connectivity index (χ0v) is 11.7. The summed E-state index contributed by atoms with van der Waals surface area (Å²) in [6, 6.07) is 0. The molecule has 0 unspecified atom stereocenters. The molecule has 2 N–H and O–H groups in total. The van der Waals surface area contributed by atoms with E-state index in [0.717, 1.165) is 0 Å². The largest absolute Gasteiger partial charge is 0.355 e. The number of hydrogen-bond donors (Lipinski definition) is 2. The number of likely N-dealkylation sites (N-methyl/N-ethyl adjacent to an activating group) is 1. The lowest BCUT2D eigenvalue weighted by molar-refractivity contribution is -0.120. The summed E-state index contributed by atoms with van der Waals surface area (Å²) in [5, 5.41) is 5.07. The first-order chi connectivity index (χ1) is 8.47. The van der Waals surface area contributed by atoms with Crippen molar-refractivity contribution in [3.8, 4) is 0 Å². The van der Waals surface area contributed by atoms with Gasteiger partial charge in [0.15, 0.2) is 0 Å². The quantitative estimate of drug-likeness (QED) is 0.892. The average molecular weight is 311 g/mol. The van der Waals surface area contributed by atoms with Gasteiger partial charge in [0.25, 0.3) is 5.91 Å². The molecule has 1 rings (SSSR count). The van der Waals surface area contributed by atoms with Crippen molar-refractivity contribution in [1.29, 1.82) is 0 Å². The number of nitrogens with one attached hydrogen (secondary N) is 2. The Labute approximate surface area is 119 Å². The van der Waals surface area contributed by atoms with Crippen molar-refractivity contribution in [2.24, 2.45) is 0 Å². The van der Waals surface area contributed by atoms with Crippen LogP contribution >= 0.6 is 34.8 Å². The topological polar surface area (TPSA) is 71.1 Å². The fourth-order valence-electron chi connectivity index (χ4n) is 1.11. The van der Waals surface area contributed by atoms with Crippen LogP contribution in [0.4, 0.5) is 0 Å². The van der Waals surface area contributed by atoms with Gasteiger partial charge in [-0.05, 0) is 6.92 Å². The molecule has 0 spiro atoms. The molecule has 0 saturated heterocycles. The van der Waals surface area contributed by atoms with Crippen molar-refractivity contribution in [1.82, 2.24) is 15.6 Å². The van der Waals surface area contributed by atoms with Gasteiger partial charge in [0.1, 0.15) is 5.69 Å². The van der Waals surface area contributed by atoms with Gasteiger partial charge in [-0.3, -0.25) is 9.59 Å². The lowest BCUT2D eigenvalue weighted by Crippen LogP contribution is -2.37. The number of pyridine rings is 1. The van der Waals surface area contributed by atoms with Crippen molar-refractivity contribution in [2.45, 2.75) is 6.92 Å². The Kier molecular flexibility index (Phi) is 5.65. The van der Waals surface area contributed by atoms with Crippen LogP contribution in [-0.4, -0.2) is 29.9 Å². The van der Waals surface area contributed by atoms with E-state index in [1.165, 1.54) is 6.20 Å². The van der Waals surface area contributed by atoms with Crippen LogP contribution in [0.15, 0.2) is 6.20 Å². The second kappa shape index (κ2) is 6.78. The first-order valence-corrected chi connectivity index (χ1v) is 6.15. The number of rotatable bonds is 4. The van der Waals surface area contributed by atoms with Crippen LogP contribution in [0, 0.1) is 0 Å². The van der Waals surface area contributed by atoms with E-state index in [-0.39, 0.29) is 33.2 Å².